The zero-order valence-corrected chi connectivity index (χ0v) is 14.0. The number of benzene rings is 1. The first-order valence-corrected chi connectivity index (χ1v) is 8.45. The molecule has 25 heavy (non-hydrogen) atoms. The second kappa shape index (κ2) is 6.16. The Kier molecular flexibility index (Phi) is 3.83. The fourth-order valence-corrected chi connectivity index (χ4v) is 3.58. The summed E-state index contributed by atoms with van der Waals surface area (Å²) in [5.41, 5.74) is 2.02. The summed E-state index contributed by atoms with van der Waals surface area (Å²) in [6.07, 6.45) is 4.68. The molecule has 3 aromatic rings. The molecule has 0 radical (unpaired) electrons. The monoisotopic (exact) mass is 337 g/mol. The largest absolute Gasteiger partial charge is 0.329 e. The maximum Gasteiger partial charge on any atom is 0.275 e. The highest BCUT2D eigenvalue weighted by Gasteiger charge is 2.32. The highest BCUT2D eigenvalue weighted by molar-refractivity contribution is 6.04. The number of likely N-dealkylation sites (tertiary alicyclic amines) is 1. The number of rotatable bonds is 2. The maximum absolute atomic E-state index is 13.2. The van der Waals surface area contributed by atoms with E-state index in [4.69, 9.17) is 0 Å². The van der Waals surface area contributed by atoms with Crippen molar-refractivity contribution in [2.45, 2.75) is 32.2 Å². The number of aryl methyl sites for hydroxylation is 1. The lowest BCUT2D eigenvalue weighted by Crippen LogP contribution is -2.39. The van der Waals surface area contributed by atoms with Gasteiger partial charge in [-0.25, -0.2) is 5.10 Å². The van der Waals surface area contributed by atoms with Gasteiger partial charge in [-0.1, -0.05) is 18.2 Å². The Balaban J connectivity index is 1.78. The van der Waals surface area contributed by atoms with Crippen LogP contribution in [0.2, 0.25) is 0 Å². The third kappa shape index (κ3) is 2.61. The van der Waals surface area contributed by atoms with Gasteiger partial charge in [0.25, 0.3) is 11.5 Å². The predicted molar refractivity (Wildman–Crippen MR) is 93.3 cm³/mol. The normalized spacial score (nSPS) is 17.8. The highest BCUT2D eigenvalue weighted by atomic mass is 16.2. The van der Waals surface area contributed by atoms with Gasteiger partial charge in [-0.15, -0.1) is 0 Å². The van der Waals surface area contributed by atoms with Crippen LogP contribution in [-0.2, 0) is 0 Å². The van der Waals surface area contributed by atoms with Crippen molar-refractivity contribution in [3.05, 3.63) is 57.8 Å². The molecule has 128 valence electrons. The first-order chi connectivity index (χ1) is 12.2. The van der Waals surface area contributed by atoms with Crippen molar-refractivity contribution in [2.24, 2.45) is 0 Å². The van der Waals surface area contributed by atoms with Crippen LogP contribution in [0.15, 0.2) is 35.3 Å². The van der Waals surface area contributed by atoms with Gasteiger partial charge in [-0.05, 0) is 37.8 Å². The van der Waals surface area contributed by atoms with Crippen LogP contribution in [-0.4, -0.2) is 37.7 Å². The fraction of sp³-hybridized carbons (Fsp3) is 0.333. The molecule has 0 spiro atoms. The van der Waals surface area contributed by atoms with Crippen LogP contribution in [0.1, 0.15) is 47.1 Å². The zero-order chi connectivity index (χ0) is 17.4. The quantitative estimate of drug-likeness (QED) is 0.750. The lowest BCUT2D eigenvalue weighted by molar-refractivity contribution is 0.0600. The first-order valence-electron chi connectivity index (χ1n) is 8.45. The van der Waals surface area contributed by atoms with E-state index in [2.05, 4.69) is 20.4 Å². The number of carbonyl (C=O) groups is 1. The molecule has 2 aromatic heterocycles. The number of nitrogens with zero attached hydrogens (tertiary/aromatic N) is 3. The smallest absolute Gasteiger partial charge is 0.275 e. The topological polar surface area (TPSA) is 94.7 Å². The number of hydrogen-bond donors (Lipinski definition) is 2. The van der Waals surface area contributed by atoms with Crippen LogP contribution in [0.4, 0.5) is 0 Å². The summed E-state index contributed by atoms with van der Waals surface area (Å²) < 4.78 is 0. The standard InChI is InChI=1S/C18H19N5O2/c1-11-10-19-20-15(11)14-8-4-5-9-23(14)18(25)16-12-6-2-3-7-13(12)17(24)22-21-16/h2-3,6-7,10,14H,4-5,8-9H2,1H3,(H,19,20)(H,22,24)/t14-/m1/s1. The van der Waals surface area contributed by atoms with Crippen LogP contribution in [0.5, 0.6) is 0 Å². The van der Waals surface area contributed by atoms with Crippen LogP contribution in [0.25, 0.3) is 10.8 Å². The molecule has 7 nitrogen and oxygen atoms in total. The molecule has 3 heterocycles. The summed E-state index contributed by atoms with van der Waals surface area (Å²) in [4.78, 5) is 27.1. The van der Waals surface area contributed by atoms with E-state index in [1.54, 1.807) is 24.4 Å². The molecule has 2 N–H and O–H groups in total. The predicted octanol–water partition coefficient (Wildman–Crippen LogP) is 2.32. The molecule has 7 heteroatoms. The minimum Gasteiger partial charge on any atom is -0.329 e. The highest BCUT2D eigenvalue weighted by Crippen LogP contribution is 2.32. The summed E-state index contributed by atoms with van der Waals surface area (Å²) in [6.45, 7) is 2.65. The van der Waals surface area contributed by atoms with Crippen LogP contribution in [0.3, 0.4) is 0 Å². The van der Waals surface area contributed by atoms with Crippen molar-refractivity contribution in [3.8, 4) is 0 Å². The van der Waals surface area contributed by atoms with Gasteiger partial charge in [0.1, 0.15) is 0 Å². The van der Waals surface area contributed by atoms with Crippen molar-refractivity contribution in [3.63, 3.8) is 0 Å². The van der Waals surface area contributed by atoms with Crippen LogP contribution in [0, 0.1) is 6.92 Å². The fourth-order valence-electron chi connectivity index (χ4n) is 3.58. The SMILES string of the molecule is Cc1cn[nH]c1[C@H]1CCCCN1C(=O)c1n[nH]c(=O)c2ccccc12. The Hall–Kier alpha value is -2.96. The molecule has 0 aliphatic carbocycles. The van der Waals surface area contributed by atoms with E-state index < -0.39 is 0 Å². The van der Waals surface area contributed by atoms with Gasteiger partial charge in [0.2, 0.25) is 0 Å². The second-order valence-electron chi connectivity index (χ2n) is 6.42. The van der Waals surface area contributed by atoms with E-state index in [1.807, 2.05) is 17.9 Å². The van der Waals surface area contributed by atoms with E-state index in [0.717, 1.165) is 30.5 Å². The van der Waals surface area contributed by atoms with Crippen molar-refractivity contribution in [1.82, 2.24) is 25.3 Å². The maximum atomic E-state index is 13.2. The molecule has 1 fully saturated rings. The lowest BCUT2D eigenvalue weighted by atomic mass is 9.96. The summed E-state index contributed by atoms with van der Waals surface area (Å²) in [7, 11) is 0. The van der Waals surface area contributed by atoms with Gasteiger partial charge < -0.3 is 4.90 Å². The van der Waals surface area contributed by atoms with Crippen molar-refractivity contribution >= 4 is 16.7 Å². The van der Waals surface area contributed by atoms with Gasteiger partial charge in [0.15, 0.2) is 5.69 Å². The Bertz CT molecular complexity index is 990. The molecule has 1 aliphatic rings. The first kappa shape index (κ1) is 15.6. The molecule has 0 saturated carbocycles. The summed E-state index contributed by atoms with van der Waals surface area (Å²) >= 11 is 0. The Labute approximate surface area is 144 Å². The van der Waals surface area contributed by atoms with Crippen molar-refractivity contribution < 1.29 is 4.79 Å². The average molecular weight is 337 g/mol. The number of aromatic nitrogens is 4. The zero-order valence-electron chi connectivity index (χ0n) is 14.0. The number of H-pyrrole nitrogens is 2. The number of fused-ring (bicyclic) bond motifs is 1. The van der Waals surface area contributed by atoms with E-state index >= 15 is 0 Å². The van der Waals surface area contributed by atoms with E-state index in [9.17, 15) is 9.59 Å². The molecule has 1 saturated heterocycles. The molecular weight excluding hydrogens is 318 g/mol. The number of hydrogen-bond acceptors (Lipinski definition) is 4. The molecule has 0 bridgehead atoms. The Morgan fingerprint density at radius 3 is 2.76 bits per heavy atom. The average Bonchev–Trinajstić information content (AvgIpc) is 3.07. The molecule has 1 aromatic carbocycles. The number of aromatic amines is 2. The molecule has 1 amide bonds. The van der Waals surface area contributed by atoms with Gasteiger partial charge in [0.05, 0.1) is 23.3 Å². The summed E-state index contributed by atoms with van der Waals surface area (Å²) in [5, 5.41) is 14.7. The second-order valence-corrected chi connectivity index (χ2v) is 6.42. The van der Waals surface area contributed by atoms with E-state index in [0.29, 0.717) is 23.0 Å². The van der Waals surface area contributed by atoms with Gasteiger partial charge in [-0.3, -0.25) is 14.7 Å². The van der Waals surface area contributed by atoms with Crippen LogP contribution < -0.4 is 5.56 Å². The van der Waals surface area contributed by atoms with Gasteiger partial charge in [-0.2, -0.15) is 10.2 Å². The van der Waals surface area contributed by atoms with Crippen molar-refractivity contribution in [2.75, 3.05) is 6.54 Å². The third-order valence-electron chi connectivity index (χ3n) is 4.86. The Morgan fingerprint density at radius 1 is 1.20 bits per heavy atom. The molecular formula is C18H19N5O2. The lowest BCUT2D eigenvalue weighted by Gasteiger charge is -2.35. The minimum atomic E-state index is -0.285. The molecule has 1 atom stereocenters. The number of amides is 1. The molecule has 1 aliphatic heterocycles. The van der Waals surface area contributed by atoms with E-state index in [1.165, 1.54) is 0 Å². The number of carbonyl (C=O) groups excluding carboxylic acids is 1. The minimum absolute atomic E-state index is 0.0451. The van der Waals surface area contributed by atoms with Gasteiger partial charge in [0, 0.05) is 11.9 Å². The number of nitrogens with one attached hydrogen (secondary N) is 2. The van der Waals surface area contributed by atoms with Crippen molar-refractivity contribution in [1.29, 1.82) is 0 Å². The van der Waals surface area contributed by atoms with Crippen LogP contribution >= 0.6 is 0 Å². The third-order valence-corrected chi connectivity index (χ3v) is 4.86. The van der Waals surface area contributed by atoms with E-state index in [-0.39, 0.29) is 17.5 Å². The summed E-state index contributed by atoms with van der Waals surface area (Å²) in [6, 6.07) is 7.03. The molecule has 4 rings (SSSR count). The Morgan fingerprint density at radius 2 is 2.00 bits per heavy atom. The summed E-state index contributed by atoms with van der Waals surface area (Å²) in [5.74, 6) is -0.161. The number of piperidine rings is 1. The molecule has 0 unspecified atom stereocenters. The van der Waals surface area contributed by atoms with Gasteiger partial charge >= 0.3 is 0 Å².